The normalized spacial score (nSPS) is 21.6. The Kier molecular flexibility index (Phi) is 5.56. The predicted octanol–water partition coefficient (Wildman–Crippen LogP) is 2.49. The molecule has 0 aliphatic carbocycles. The molecule has 1 aliphatic rings. The third kappa shape index (κ3) is 3.86. The smallest absolute Gasteiger partial charge is 0.231 e. The van der Waals surface area contributed by atoms with Gasteiger partial charge in [-0.2, -0.15) is 10.4 Å². The summed E-state index contributed by atoms with van der Waals surface area (Å²) < 4.78 is 7.52. The van der Waals surface area contributed by atoms with E-state index in [-0.39, 0.29) is 17.9 Å². The number of hydrogen-bond donors (Lipinski definition) is 1. The Balaban J connectivity index is 2.03. The number of nitrogens with one attached hydrogen (secondary N) is 1. The van der Waals surface area contributed by atoms with Crippen LogP contribution in [0.3, 0.4) is 0 Å². The first-order valence-electron chi connectivity index (χ1n) is 7.86. The number of nitriles is 1. The number of aromatic nitrogens is 2. The van der Waals surface area contributed by atoms with Gasteiger partial charge in [0.25, 0.3) is 0 Å². The van der Waals surface area contributed by atoms with Gasteiger partial charge < -0.3 is 10.1 Å². The van der Waals surface area contributed by atoms with Crippen molar-refractivity contribution in [3.05, 3.63) is 11.8 Å². The summed E-state index contributed by atoms with van der Waals surface area (Å²) in [4.78, 5) is 12.5. The lowest BCUT2D eigenvalue weighted by atomic mass is 9.87. The van der Waals surface area contributed by atoms with Crippen LogP contribution in [0.5, 0.6) is 0 Å². The van der Waals surface area contributed by atoms with E-state index in [9.17, 15) is 4.79 Å². The molecule has 6 nitrogen and oxygen atoms in total. The minimum atomic E-state index is -0.127. The highest BCUT2D eigenvalue weighted by molar-refractivity contribution is 5.92. The molecule has 6 heteroatoms. The Morgan fingerprint density at radius 3 is 3.09 bits per heavy atom. The van der Waals surface area contributed by atoms with Crippen molar-refractivity contribution in [2.75, 3.05) is 11.9 Å². The van der Waals surface area contributed by atoms with Gasteiger partial charge >= 0.3 is 0 Å². The Labute approximate surface area is 131 Å². The van der Waals surface area contributed by atoms with Gasteiger partial charge in [0.1, 0.15) is 0 Å². The topological polar surface area (TPSA) is 79.9 Å². The third-order valence-corrected chi connectivity index (χ3v) is 4.03. The molecule has 1 N–H and O–H groups in total. The van der Waals surface area contributed by atoms with E-state index in [1.54, 1.807) is 4.68 Å². The molecule has 1 aromatic rings. The second-order valence-electron chi connectivity index (χ2n) is 6.12. The van der Waals surface area contributed by atoms with Crippen LogP contribution in [-0.4, -0.2) is 28.4 Å². The fraction of sp³-hybridized carbons (Fsp3) is 0.688. The second kappa shape index (κ2) is 7.41. The van der Waals surface area contributed by atoms with Crippen molar-refractivity contribution >= 4 is 11.7 Å². The minimum Gasteiger partial charge on any atom is -0.377 e. The zero-order valence-corrected chi connectivity index (χ0v) is 13.5. The summed E-state index contributed by atoms with van der Waals surface area (Å²) in [6, 6.07) is 3.94. The van der Waals surface area contributed by atoms with Gasteiger partial charge in [-0.15, -0.1) is 0 Å². The van der Waals surface area contributed by atoms with E-state index in [1.165, 1.54) is 0 Å². The van der Waals surface area contributed by atoms with Gasteiger partial charge in [0.15, 0.2) is 5.82 Å². The maximum atomic E-state index is 12.5. The summed E-state index contributed by atoms with van der Waals surface area (Å²) in [6.45, 7) is 7.35. The maximum Gasteiger partial charge on any atom is 0.231 e. The van der Waals surface area contributed by atoms with Crippen LogP contribution in [0.4, 0.5) is 5.82 Å². The molecule has 0 spiro atoms. The Hall–Kier alpha value is -1.87. The first-order chi connectivity index (χ1) is 10.5. The first kappa shape index (κ1) is 16.5. The molecule has 1 aliphatic heterocycles. The molecule has 0 bridgehead atoms. The molecule has 0 aromatic carbocycles. The van der Waals surface area contributed by atoms with Gasteiger partial charge in [-0.3, -0.25) is 9.48 Å². The monoisotopic (exact) mass is 304 g/mol. The average Bonchev–Trinajstić information content (AvgIpc) is 2.84. The van der Waals surface area contributed by atoms with E-state index in [2.05, 4.69) is 30.3 Å². The number of amides is 1. The number of aryl methyl sites for hydroxylation is 2. The van der Waals surface area contributed by atoms with E-state index in [4.69, 9.17) is 10.00 Å². The van der Waals surface area contributed by atoms with Gasteiger partial charge in [-0.1, -0.05) is 13.8 Å². The molecule has 1 fully saturated rings. The fourth-order valence-corrected chi connectivity index (χ4v) is 2.91. The lowest BCUT2D eigenvalue weighted by Gasteiger charge is -2.33. The van der Waals surface area contributed by atoms with E-state index in [1.807, 2.05) is 13.0 Å². The Morgan fingerprint density at radius 2 is 2.41 bits per heavy atom. The maximum absolute atomic E-state index is 12.5. The Bertz CT molecular complexity index is 559. The molecule has 2 atom stereocenters. The number of ether oxygens (including phenoxy) is 1. The van der Waals surface area contributed by atoms with Gasteiger partial charge in [-0.05, 0) is 25.7 Å². The van der Waals surface area contributed by atoms with Crippen LogP contribution < -0.4 is 5.32 Å². The molecule has 0 radical (unpaired) electrons. The SMILES string of the molecule is Cc1cc(NC(=O)C2CCCOC2C(C)C)nn1CCC#N. The molecule has 22 heavy (non-hydrogen) atoms. The largest absolute Gasteiger partial charge is 0.377 e. The van der Waals surface area contributed by atoms with Gasteiger partial charge in [0.2, 0.25) is 5.91 Å². The van der Waals surface area contributed by atoms with Gasteiger partial charge in [0, 0.05) is 18.4 Å². The summed E-state index contributed by atoms with van der Waals surface area (Å²) in [5, 5.41) is 15.9. The van der Waals surface area contributed by atoms with Crippen molar-refractivity contribution in [1.29, 1.82) is 5.26 Å². The van der Waals surface area contributed by atoms with E-state index in [0.717, 1.165) is 25.1 Å². The molecule has 0 saturated carbocycles. The summed E-state index contributed by atoms with van der Waals surface area (Å²) in [6.07, 6.45) is 2.14. The first-order valence-corrected chi connectivity index (χ1v) is 7.86. The van der Waals surface area contributed by atoms with E-state index in [0.29, 0.717) is 24.7 Å². The number of carbonyl (C=O) groups is 1. The fourth-order valence-electron chi connectivity index (χ4n) is 2.91. The second-order valence-corrected chi connectivity index (χ2v) is 6.12. The third-order valence-electron chi connectivity index (χ3n) is 4.03. The molecule has 1 aromatic heterocycles. The molecular weight excluding hydrogens is 280 g/mol. The van der Waals surface area contributed by atoms with Crippen molar-refractivity contribution in [2.24, 2.45) is 11.8 Å². The molecule has 120 valence electrons. The lowest BCUT2D eigenvalue weighted by Crippen LogP contribution is -2.41. The van der Waals surface area contributed by atoms with E-state index < -0.39 is 0 Å². The standard InChI is InChI=1S/C16H24N4O2/c1-11(2)15-13(6-4-9-22-15)16(21)18-14-10-12(3)20(19-14)8-5-7-17/h10-11,13,15H,4-6,8-9H2,1-3H3,(H,18,19,21). The molecular formula is C16H24N4O2. The van der Waals surface area contributed by atoms with Crippen molar-refractivity contribution in [1.82, 2.24) is 9.78 Å². The van der Waals surface area contributed by atoms with Gasteiger partial charge in [-0.25, -0.2) is 0 Å². The number of hydrogen-bond acceptors (Lipinski definition) is 4. The highest BCUT2D eigenvalue weighted by Gasteiger charge is 2.34. The van der Waals surface area contributed by atoms with E-state index >= 15 is 0 Å². The molecule has 1 saturated heterocycles. The highest BCUT2D eigenvalue weighted by atomic mass is 16.5. The van der Waals surface area contributed by atoms with Crippen LogP contribution in [0.2, 0.25) is 0 Å². The Morgan fingerprint density at radius 1 is 1.64 bits per heavy atom. The number of rotatable bonds is 5. The van der Waals surface area contributed by atoms with Crippen molar-refractivity contribution in [3.63, 3.8) is 0 Å². The average molecular weight is 304 g/mol. The van der Waals surface area contributed by atoms with Crippen molar-refractivity contribution < 1.29 is 9.53 Å². The summed E-state index contributed by atoms with van der Waals surface area (Å²) in [7, 11) is 0. The van der Waals surface area contributed by atoms with Crippen LogP contribution in [0, 0.1) is 30.1 Å². The van der Waals surface area contributed by atoms with Crippen molar-refractivity contribution in [2.45, 2.75) is 52.7 Å². The molecule has 1 amide bonds. The quantitative estimate of drug-likeness (QED) is 0.906. The number of carbonyl (C=O) groups excluding carboxylic acids is 1. The summed E-state index contributed by atoms with van der Waals surface area (Å²) in [5.41, 5.74) is 0.936. The lowest BCUT2D eigenvalue weighted by molar-refractivity contribution is -0.131. The zero-order valence-electron chi connectivity index (χ0n) is 13.5. The molecule has 2 unspecified atom stereocenters. The molecule has 2 heterocycles. The predicted molar refractivity (Wildman–Crippen MR) is 83.1 cm³/mol. The van der Waals surface area contributed by atoms with Crippen LogP contribution in [-0.2, 0) is 16.1 Å². The minimum absolute atomic E-state index is 0.0247. The molecule has 2 rings (SSSR count). The number of nitrogens with zero attached hydrogens (tertiary/aromatic N) is 3. The summed E-state index contributed by atoms with van der Waals surface area (Å²) in [5.74, 6) is 0.709. The van der Waals surface area contributed by atoms with Crippen LogP contribution in [0.1, 0.15) is 38.8 Å². The van der Waals surface area contributed by atoms with Gasteiger partial charge in [0.05, 0.1) is 31.1 Å². The van der Waals surface area contributed by atoms with Crippen molar-refractivity contribution in [3.8, 4) is 6.07 Å². The van der Waals surface area contributed by atoms with Crippen LogP contribution >= 0.6 is 0 Å². The highest BCUT2D eigenvalue weighted by Crippen LogP contribution is 2.27. The van der Waals surface area contributed by atoms with Crippen LogP contribution in [0.15, 0.2) is 6.07 Å². The summed E-state index contributed by atoms with van der Waals surface area (Å²) >= 11 is 0. The van der Waals surface area contributed by atoms with Crippen LogP contribution in [0.25, 0.3) is 0 Å². The number of anilines is 1. The zero-order chi connectivity index (χ0) is 16.1.